The number of benzene rings is 2. The fraction of sp³-hybridized carbons (Fsp3) is 0.125. The van der Waals surface area contributed by atoms with E-state index in [1.807, 2.05) is 24.3 Å². The van der Waals surface area contributed by atoms with Crippen LogP contribution in [0.2, 0.25) is 5.02 Å². The maximum absolute atomic E-state index is 13.0. The molecule has 4 nitrogen and oxygen atoms in total. The number of fused-ring (bicyclic) bond motifs is 1. The maximum Gasteiger partial charge on any atom is 0.224 e. The van der Waals surface area contributed by atoms with Crippen LogP contribution < -0.4 is 5.32 Å². The van der Waals surface area contributed by atoms with Crippen LogP contribution in [0.4, 0.5) is 10.1 Å². The van der Waals surface area contributed by atoms with Crippen molar-refractivity contribution in [3.8, 4) is 0 Å². The molecule has 112 valence electrons. The van der Waals surface area contributed by atoms with Crippen LogP contribution in [0.3, 0.4) is 0 Å². The van der Waals surface area contributed by atoms with E-state index in [0.29, 0.717) is 23.6 Å². The zero-order chi connectivity index (χ0) is 15.5. The highest BCUT2D eigenvalue weighted by Crippen LogP contribution is 2.20. The number of halogens is 2. The van der Waals surface area contributed by atoms with Gasteiger partial charge < -0.3 is 9.73 Å². The number of amides is 1. The first-order valence-electron chi connectivity index (χ1n) is 6.71. The van der Waals surface area contributed by atoms with Gasteiger partial charge >= 0.3 is 0 Å². The lowest BCUT2D eigenvalue weighted by Crippen LogP contribution is -2.12. The average Bonchev–Trinajstić information content (AvgIpc) is 2.92. The molecule has 6 heteroatoms. The Kier molecular flexibility index (Phi) is 4.06. The van der Waals surface area contributed by atoms with Crippen molar-refractivity contribution >= 4 is 34.3 Å². The summed E-state index contributed by atoms with van der Waals surface area (Å²) in [6.45, 7) is 0. The largest absolute Gasteiger partial charge is 0.441 e. The van der Waals surface area contributed by atoms with E-state index in [-0.39, 0.29) is 17.4 Å². The van der Waals surface area contributed by atoms with Gasteiger partial charge in [-0.3, -0.25) is 4.79 Å². The number of anilines is 1. The fourth-order valence-electron chi connectivity index (χ4n) is 2.04. The summed E-state index contributed by atoms with van der Waals surface area (Å²) in [6.07, 6.45) is 0.595. The van der Waals surface area contributed by atoms with E-state index in [1.165, 1.54) is 18.2 Å². The Morgan fingerprint density at radius 3 is 2.86 bits per heavy atom. The second-order valence-corrected chi connectivity index (χ2v) is 5.16. The van der Waals surface area contributed by atoms with Crippen molar-refractivity contribution in [1.29, 1.82) is 0 Å². The van der Waals surface area contributed by atoms with Crippen LogP contribution in [0.25, 0.3) is 11.1 Å². The lowest BCUT2D eigenvalue weighted by atomic mass is 10.2. The average molecular weight is 319 g/mol. The second-order valence-electron chi connectivity index (χ2n) is 4.75. The number of hydrogen-bond acceptors (Lipinski definition) is 3. The second kappa shape index (κ2) is 6.15. The summed E-state index contributed by atoms with van der Waals surface area (Å²) < 4.78 is 18.6. The predicted octanol–water partition coefficient (Wildman–Crippen LogP) is 4.19. The number of aromatic nitrogens is 1. The van der Waals surface area contributed by atoms with Gasteiger partial charge in [0.2, 0.25) is 5.91 Å². The Hall–Kier alpha value is -2.40. The highest BCUT2D eigenvalue weighted by molar-refractivity contribution is 6.31. The molecule has 0 spiro atoms. The summed E-state index contributed by atoms with van der Waals surface area (Å²) in [4.78, 5) is 16.2. The highest BCUT2D eigenvalue weighted by Gasteiger charge is 2.09. The van der Waals surface area contributed by atoms with Crippen molar-refractivity contribution in [2.75, 3.05) is 5.32 Å². The van der Waals surface area contributed by atoms with Crippen LogP contribution in [0.15, 0.2) is 46.9 Å². The normalized spacial score (nSPS) is 10.8. The third-order valence-corrected chi connectivity index (χ3v) is 3.40. The van der Waals surface area contributed by atoms with Gasteiger partial charge in [-0.15, -0.1) is 0 Å². The minimum Gasteiger partial charge on any atom is -0.441 e. The number of nitrogens with zero attached hydrogens (tertiary/aromatic N) is 1. The van der Waals surface area contributed by atoms with Crippen LogP contribution in [-0.4, -0.2) is 10.9 Å². The lowest BCUT2D eigenvalue weighted by Gasteiger charge is -2.05. The number of oxazole rings is 1. The van der Waals surface area contributed by atoms with Gasteiger partial charge in [0.15, 0.2) is 11.5 Å². The summed E-state index contributed by atoms with van der Waals surface area (Å²) in [5, 5.41) is 2.62. The first kappa shape index (κ1) is 14.5. The zero-order valence-corrected chi connectivity index (χ0v) is 12.2. The predicted molar refractivity (Wildman–Crippen MR) is 82.4 cm³/mol. The van der Waals surface area contributed by atoms with Crippen LogP contribution in [0, 0.1) is 5.82 Å². The molecule has 3 aromatic rings. The van der Waals surface area contributed by atoms with Crippen LogP contribution in [0.1, 0.15) is 12.3 Å². The van der Waals surface area contributed by atoms with Crippen molar-refractivity contribution in [2.45, 2.75) is 12.8 Å². The smallest absolute Gasteiger partial charge is 0.224 e. The minimum absolute atomic E-state index is 0.0308. The molecule has 0 aliphatic carbocycles. The first-order valence-corrected chi connectivity index (χ1v) is 7.09. The molecule has 1 aromatic heterocycles. The quantitative estimate of drug-likeness (QED) is 0.784. The molecule has 1 heterocycles. The molecular formula is C16H12ClFN2O2. The van der Waals surface area contributed by atoms with Crippen LogP contribution in [-0.2, 0) is 11.2 Å². The summed E-state index contributed by atoms with van der Waals surface area (Å²) in [5.41, 5.74) is 1.92. The number of para-hydroxylation sites is 2. The molecule has 1 amide bonds. The minimum atomic E-state index is -0.522. The van der Waals surface area contributed by atoms with E-state index in [0.717, 1.165) is 5.52 Å². The first-order chi connectivity index (χ1) is 10.6. The van der Waals surface area contributed by atoms with Gasteiger partial charge in [0.25, 0.3) is 0 Å². The van der Waals surface area contributed by atoms with Gasteiger partial charge in [-0.2, -0.15) is 0 Å². The third kappa shape index (κ3) is 3.26. The van der Waals surface area contributed by atoms with Gasteiger partial charge in [0, 0.05) is 18.5 Å². The fourth-order valence-corrected chi connectivity index (χ4v) is 2.23. The van der Waals surface area contributed by atoms with Crippen molar-refractivity contribution in [1.82, 2.24) is 4.98 Å². The van der Waals surface area contributed by atoms with Crippen molar-refractivity contribution in [2.24, 2.45) is 0 Å². The Bertz CT molecular complexity index is 799. The standard InChI is InChI=1S/C16H12ClFN2O2/c17-11-9-10(5-6-12(11)18)19-15(21)7-8-16-20-13-3-1-2-4-14(13)22-16/h1-6,9H,7-8H2,(H,19,21). The Labute approximate surface area is 130 Å². The molecule has 0 saturated carbocycles. The number of hydrogen-bond donors (Lipinski definition) is 1. The van der Waals surface area contributed by atoms with E-state index in [1.54, 1.807) is 0 Å². The molecule has 0 saturated heterocycles. The Balaban J connectivity index is 1.60. The monoisotopic (exact) mass is 318 g/mol. The van der Waals surface area contributed by atoms with E-state index in [2.05, 4.69) is 10.3 Å². The molecule has 3 rings (SSSR count). The summed E-state index contributed by atoms with van der Waals surface area (Å²) in [7, 11) is 0. The Morgan fingerprint density at radius 1 is 1.27 bits per heavy atom. The summed E-state index contributed by atoms with van der Waals surface area (Å²) in [5.74, 6) is -0.232. The number of rotatable bonds is 4. The van der Waals surface area contributed by atoms with E-state index < -0.39 is 5.82 Å². The molecule has 0 bridgehead atoms. The maximum atomic E-state index is 13.0. The number of nitrogens with one attached hydrogen (secondary N) is 1. The van der Waals surface area contributed by atoms with Gasteiger partial charge in [-0.25, -0.2) is 9.37 Å². The number of aryl methyl sites for hydroxylation is 1. The van der Waals surface area contributed by atoms with E-state index in [9.17, 15) is 9.18 Å². The van der Waals surface area contributed by atoms with E-state index >= 15 is 0 Å². The topological polar surface area (TPSA) is 55.1 Å². The zero-order valence-electron chi connectivity index (χ0n) is 11.5. The van der Waals surface area contributed by atoms with Crippen LogP contribution in [0.5, 0.6) is 0 Å². The molecule has 0 aliphatic heterocycles. The molecule has 0 aliphatic rings. The molecule has 2 aromatic carbocycles. The molecule has 0 unspecified atom stereocenters. The van der Waals surface area contributed by atoms with Gasteiger partial charge in [-0.1, -0.05) is 23.7 Å². The van der Waals surface area contributed by atoms with Crippen LogP contribution >= 0.6 is 11.6 Å². The molecular weight excluding hydrogens is 307 g/mol. The summed E-state index contributed by atoms with van der Waals surface area (Å²) in [6, 6.07) is 11.4. The highest BCUT2D eigenvalue weighted by atomic mass is 35.5. The molecule has 1 N–H and O–H groups in total. The molecule has 0 radical (unpaired) electrons. The lowest BCUT2D eigenvalue weighted by molar-refractivity contribution is -0.116. The van der Waals surface area contributed by atoms with Crippen molar-refractivity contribution in [3.63, 3.8) is 0 Å². The summed E-state index contributed by atoms with van der Waals surface area (Å²) >= 11 is 5.66. The third-order valence-electron chi connectivity index (χ3n) is 3.11. The van der Waals surface area contributed by atoms with Gasteiger partial charge in [-0.05, 0) is 30.3 Å². The van der Waals surface area contributed by atoms with Gasteiger partial charge in [0.1, 0.15) is 11.3 Å². The molecule has 22 heavy (non-hydrogen) atoms. The Morgan fingerprint density at radius 2 is 2.09 bits per heavy atom. The molecule has 0 atom stereocenters. The number of carbonyl (C=O) groups is 1. The molecule has 0 fully saturated rings. The van der Waals surface area contributed by atoms with Gasteiger partial charge in [0.05, 0.1) is 5.02 Å². The van der Waals surface area contributed by atoms with Crippen molar-refractivity contribution in [3.05, 3.63) is 59.2 Å². The SMILES string of the molecule is O=C(CCc1nc2ccccc2o1)Nc1ccc(F)c(Cl)c1. The number of carbonyl (C=O) groups excluding carboxylic acids is 1. The van der Waals surface area contributed by atoms with Crippen molar-refractivity contribution < 1.29 is 13.6 Å². The van der Waals surface area contributed by atoms with E-state index in [4.69, 9.17) is 16.0 Å².